The lowest BCUT2D eigenvalue weighted by molar-refractivity contribution is -0.681. The standard InChI is InChI=1S/C15H16N2O/c1-2-6-13-7-9-14(10-8-13)15(18)16-17-11-4-3-5-12-17/h3-5,7-12H,2,6H2,1H3. The van der Waals surface area contributed by atoms with Crippen LogP contribution < -0.4 is 9.78 Å². The van der Waals surface area contributed by atoms with E-state index in [9.17, 15) is 5.11 Å². The van der Waals surface area contributed by atoms with Crippen LogP contribution in [0, 0.1) is 0 Å². The molecule has 2 rings (SSSR count). The van der Waals surface area contributed by atoms with Crippen molar-refractivity contribution >= 4 is 5.90 Å². The van der Waals surface area contributed by atoms with Crippen LogP contribution in [-0.4, -0.2) is 5.90 Å². The van der Waals surface area contributed by atoms with Crippen molar-refractivity contribution in [2.24, 2.45) is 5.10 Å². The molecule has 0 saturated heterocycles. The minimum Gasteiger partial charge on any atom is -0.854 e. The molecule has 0 radical (unpaired) electrons. The molecule has 3 heteroatoms. The zero-order valence-corrected chi connectivity index (χ0v) is 10.4. The second-order valence-corrected chi connectivity index (χ2v) is 4.11. The van der Waals surface area contributed by atoms with E-state index >= 15 is 0 Å². The third-order valence-electron chi connectivity index (χ3n) is 2.65. The lowest BCUT2D eigenvalue weighted by Crippen LogP contribution is -2.33. The maximum Gasteiger partial charge on any atom is 0.202 e. The summed E-state index contributed by atoms with van der Waals surface area (Å²) in [6.45, 7) is 2.14. The molecule has 0 atom stereocenters. The molecule has 0 aliphatic heterocycles. The van der Waals surface area contributed by atoms with Gasteiger partial charge in [-0.15, -0.1) is 0 Å². The molecule has 1 aromatic carbocycles. The molecular formula is C15H16N2O. The third kappa shape index (κ3) is 3.17. The first-order valence-electron chi connectivity index (χ1n) is 6.11. The highest BCUT2D eigenvalue weighted by atomic mass is 16.3. The molecule has 0 spiro atoms. The summed E-state index contributed by atoms with van der Waals surface area (Å²) in [6, 6.07) is 13.2. The fourth-order valence-corrected chi connectivity index (χ4v) is 1.72. The summed E-state index contributed by atoms with van der Waals surface area (Å²) in [5, 5.41) is 15.9. The van der Waals surface area contributed by atoms with Crippen LogP contribution in [0.15, 0.2) is 60.0 Å². The SMILES string of the molecule is CCCc1ccc(/C([O-])=N/[n+]2ccccc2)cc1. The molecule has 1 aromatic heterocycles. The molecule has 18 heavy (non-hydrogen) atoms. The Morgan fingerprint density at radius 2 is 1.78 bits per heavy atom. The fraction of sp³-hybridized carbons (Fsp3) is 0.200. The van der Waals surface area contributed by atoms with E-state index in [0.717, 1.165) is 12.8 Å². The molecule has 0 saturated carbocycles. The number of pyridine rings is 1. The lowest BCUT2D eigenvalue weighted by Gasteiger charge is -2.07. The summed E-state index contributed by atoms with van der Waals surface area (Å²) < 4.78 is 1.52. The average Bonchev–Trinajstić information content (AvgIpc) is 2.41. The zero-order valence-electron chi connectivity index (χ0n) is 10.4. The molecule has 2 aromatic rings. The Hall–Kier alpha value is -2.16. The van der Waals surface area contributed by atoms with Gasteiger partial charge >= 0.3 is 0 Å². The molecular weight excluding hydrogens is 224 g/mol. The lowest BCUT2D eigenvalue weighted by atomic mass is 10.1. The van der Waals surface area contributed by atoms with E-state index in [-0.39, 0.29) is 5.90 Å². The Morgan fingerprint density at radius 3 is 2.39 bits per heavy atom. The second-order valence-electron chi connectivity index (χ2n) is 4.11. The Balaban J connectivity index is 2.18. The van der Waals surface area contributed by atoms with Gasteiger partial charge in [0.2, 0.25) is 12.4 Å². The molecule has 1 heterocycles. The Labute approximate surface area is 107 Å². The van der Waals surface area contributed by atoms with E-state index in [1.807, 2.05) is 42.5 Å². The molecule has 92 valence electrons. The van der Waals surface area contributed by atoms with Gasteiger partial charge in [0.05, 0.1) is 5.90 Å². The van der Waals surface area contributed by atoms with Crippen molar-refractivity contribution in [1.82, 2.24) is 0 Å². The van der Waals surface area contributed by atoms with Crippen molar-refractivity contribution < 1.29 is 9.78 Å². The van der Waals surface area contributed by atoms with Crippen LogP contribution in [0.2, 0.25) is 0 Å². The van der Waals surface area contributed by atoms with Gasteiger partial charge in [-0.3, -0.25) is 0 Å². The highest BCUT2D eigenvalue weighted by Gasteiger charge is 1.98. The summed E-state index contributed by atoms with van der Waals surface area (Å²) in [6.07, 6.45) is 5.63. The summed E-state index contributed by atoms with van der Waals surface area (Å²) >= 11 is 0. The van der Waals surface area contributed by atoms with Crippen LogP contribution in [0.3, 0.4) is 0 Å². The second kappa shape index (κ2) is 5.96. The highest BCUT2D eigenvalue weighted by molar-refractivity contribution is 5.90. The first kappa shape index (κ1) is 12.3. The zero-order chi connectivity index (χ0) is 12.8. The quantitative estimate of drug-likeness (QED) is 0.453. The van der Waals surface area contributed by atoms with E-state index in [1.165, 1.54) is 10.2 Å². The number of aryl methyl sites for hydroxylation is 1. The number of hydrogen-bond acceptors (Lipinski definition) is 2. The molecule has 3 nitrogen and oxygen atoms in total. The molecule has 0 fully saturated rings. The predicted molar refractivity (Wildman–Crippen MR) is 69.0 cm³/mol. The van der Waals surface area contributed by atoms with Crippen LogP contribution in [0.1, 0.15) is 24.5 Å². The maximum absolute atomic E-state index is 11.9. The normalized spacial score (nSPS) is 11.5. The van der Waals surface area contributed by atoms with Crippen LogP contribution >= 0.6 is 0 Å². The number of rotatable bonds is 4. The van der Waals surface area contributed by atoms with Crippen LogP contribution in [0.5, 0.6) is 0 Å². The van der Waals surface area contributed by atoms with Crippen LogP contribution in [0.4, 0.5) is 0 Å². The fourth-order valence-electron chi connectivity index (χ4n) is 1.72. The Morgan fingerprint density at radius 1 is 1.11 bits per heavy atom. The number of nitrogens with zero attached hydrogens (tertiary/aromatic N) is 2. The monoisotopic (exact) mass is 240 g/mol. The van der Waals surface area contributed by atoms with E-state index in [0.29, 0.717) is 5.56 Å². The first-order chi connectivity index (χ1) is 8.79. The Kier molecular flexibility index (Phi) is 4.07. The maximum atomic E-state index is 11.9. The van der Waals surface area contributed by atoms with Crippen molar-refractivity contribution in [2.75, 3.05) is 0 Å². The van der Waals surface area contributed by atoms with Crippen molar-refractivity contribution in [3.8, 4) is 0 Å². The summed E-state index contributed by atoms with van der Waals surface area (Å²) in [5.74, 6) is -0.228. The van der Waals surface area contributed by atoms with Crippen LogP contribution in [-0.2, 0) is 6.42 Å². The number of hydrogen-bond donors (Lipinski definition) is 0. The van der Waals surface area contributed by atoms with Gasteiger partial charge in [0.15, 0.2) is 0 Å². The van der Waals surface area contributed by atoms with Crippen molar-refractivity contribution in [3.63, 3.8) is 0 Å². The van der Waals surface area contributed by atoms with Gasteiger partial charge in [0.25, 0.3) is 0 Å². The van der Waals surface area contributed by atoms with Gasteiger partial charge in [-0.25, -0.2) is 0 Å². The first-order valence-corrected chi connectivity index (χ1v) is 6.11. The van der Waals surface area contributed by atoms with Crippen molar-refractivity contribution in [3.05, 3.63) is 66.0 Å². The van der Waals surface area contributed by atoms with Crippen LogP contribution in [0.25, 0.3) is 0 Å². The van der Waals surface area contributed by atoms with Crippen molar-refractivity contribution in [2.45, 2.75) is 19.8 Å². The summed E-state index contributed by atoms with van der Waals surface area (Å²) in [4.78, 5) is 0. The van der Waals surface area contributed by atoms with Gasteiger partial charge in [-0.2, -0.15) is 0 Å². The molecule has 0 aliphatic carbocycles. The highest BCUT2D eigenvalue weighted by Crippen LogP contribution is 2.06. The number of aromatic nitrogens is 1. The largest absolute Gasteiger partial charge is 0.854 e. The third-order valence-corrected chi connectivity index (χ3v) is 2.65. The summed E-state index contributed by atoms with van der Waals surface area (Å²) in [5.41, 5.74) is 1.87. The van der Waals surface area contributed by atoms with Gasteiger partial charge in [0, 0.05) is 12.1 Å². The minimum atomic E-state index is -0.228. The Bertz CT molecular complexity index is 518. The van der Waals surface area contributed by atoms with Gasteiger partial charge < -0.3 is 5.11 Å². The molecule has 0 bridgehead atoms. The number of benzene rings is 1. The topological polar surface area (TPSA) is 39.3 Å². The predicted octanol–water partition coefficient (Wildman–Crippen LogP) is 1.50. The smallest absolute Gasteiger partial charge is 0.202 e. The van der Waals surface area contributed by atoms with Gasteiger partial charge in [-0.1, -0.05) is 48.4 Å². The molecule has 0 amide bonds. The van der Waals surface area contributed by atoms with E-state index in [2.05, 4.69) is 12.0 Å². The van der Waals surface area contributed by atoms with E-state index < -0.39 is 0 Å². The van der Waals surface area contributed by atoms with E-state index in [4.69, 9.17) is 0 Å². The molecule has 0 unspecified atom stereocenters. The molecule has 0 aliphatic rings. The van der Waals surface area contributed by atoms with E-state index in [1.54, 1.807) is 12.4 Å². The van der Waals surface area contributed by atoms with Crippen molar-refractivity contribution in [1.29, 1.82) is 0 Å². The van der Waals surface area contributed by atoms with Gasteiger partial charge in [-0.05, 0) is 22.6 Å². The van der Waals surface area contributed by atoms with Gasteiger partial charge in [0.1, 0.15) is 0 Å². The molecule has 0 N–H and O–H groups in total. The summed E-state index contributed by atoms with van der Waals surface area (Å²) in [7, 11) is 0. The minimum absolute atomic E-state index is 0.228. The average molecular weight is 240 g/mol.